The fourth-order valence-electron chi connectivity index (χ4n) is 2.82. The fraction of sp³-hybridized carbons (Fsp3) is 1.00. The molecule has 0 radical (unpaired) electrons. The lowest BCUT2D eigenvalue weighted by Crippen LogP contribution is -2.61. The van der Waals surface area contributed by atoms with Gasteiger partial charge in [0.2, 0.25) is 0 Å². The van der Waals surface area contributed by atoms with Gasteiger partial charge in [-0.25, -0.2) is 0 Å². The van der Waals surface area contributed by atoms with Crippen molar-refractivity contribution in [1.29, 1.82) is 0 Å². The Morgan fingerprint density at radius 2 is 1.50 bits per heavy atom. The highest BCUT2D eigenvalue weighted by atomic mass is 28.3. The van der Waals surface area contributed by atoms with E-state index in [1.165, 1.54) is 45.2 Å². The molecule has 5 heteroatoms. The third-order valence-electron chi connectivity index (χ3n) is 5.40. The second kappa shape index (κ2) is 7.92. The van der Waals surface area contributed by atoms with Gasteiger partial charge in [0.05, 0.1) is 0 Å². The first kappa shape index (κ1) is 20.4. The van der Waals surface area contributed by atoms with Crippen LogP contribution in [-0.4, -0.2) is 65.8 Å². The van der Waals surface area contributed by atoms with Crippen molar-refractivity contribution in [3.05, 3.63) is 0 Å². The Morgan fingerprint density at radius 1 is 0.955 bits per heavy atom. The molecule has 0 aliphatic carbocycles. The van der Waals surface area contributed by atoms with Gasteiger partial charge >= 0.3 is 0 Å². The lowest BCUT2D eigenvalue weighted by atomic mass is 10.2. The fourth-order valence-corrected chi connectivity index (χ4v) is 6.27. The number of hydrogen-bond donors (Lipinski definition) is 0. The lowest BCUT2D eigenvalue weighted by Gasteiger charge is -2.49. The number of hydrogen-bond acceptors (Lipinski definition) is 3. The summed E-state index contributed by atoms with van der Waals surface area (Å²) in [6.07, 6.45) is 1.32. The van der Waals surface area contributed by atoms with E-state index in [2.05, 4.69) is 64.1 Å². The van der Waals surface area contributed by atoms with Crippen LogP contribution in [0.5, 0.6) is 0 Å². The zero-order chi connectivity index (χ0) is 17.0. The zero-order valence-electron chi connectivity index (χ0n) is 16.5. The SMILES string of the molecule is CC(C)(C)O[SiH2]CCCN1CCN([Si](C)(C)C(C)(C)C)CC1. The summed E-state index contributed by atoms with van der Waals surface area (Å²) in [5, 5.41) is 0.463. The van der Waals surface area contributed by atoms with Crippen molar-refractivity contribution in [3.63, 3.8) is 0 Å². The van der Waals surface area contributed by atoms with Gasteiger partial charge < -0.3 is 13.9 Å². The standard InChI is InChI=1S/C17H40N2OSi2/c1-16(2,3)20-21-15-9-10-18-11-13-19(14-12-18)22(7,8)17(4,5)6/h9-15,21H2,1-8H3. The summed E-state index contributed by atoms with van der Waals surface area (Å²) in [6.45, 7) is 25.2. The van der Waals surface area contributed by atoms with E-state index in [4.69, 9.17) is 4.43 Å². The van der Waals surface area contributed by atoms with E-state index in [1.807, 2.05) is 0 Å². The molecule has 1 saturated heterocycles. The molecule has 3 nitrogen and oxygen atoms in total. The topological polar surface area (TPSA) is 15.7 Å². The molecule has 0 bridgehead atoms. The largest absolute Gasteiger partial charge is 0.419 e. The Bertz CT molecular complexity index is 327. The minimum Gasteiger partial charge on any atom is -0.419 e. The summed E-state index contributed by atoms with van der Waals surface area (Å²) in [7, 11) is -1.63. The number of piperazine rings is 1. The molecule has 132 valence electrons. The van der Waals surface area contributed by atoms with E-state index >= 15 is 0 Å². The monoisotopic (exact) mass is 344 g/mol. The molecule has 22 heavy (non-hydrogen) atoms. The Kier molecular flexibility index (Phi) is 7.33. The van der Waals surface area contributed by atoms with Crippen molar-refractivity contribution < 1.29 is 4.43 Å². The van der Waals surface area contributed by atoms with Gasteiger partial charge in [0.15, 0.2) is 9.76 Å². The summed E-state index contributed by atoms with van der Waals surface area (Å²) in [6, 6.07) is 1.32. The van der Waals surface area contributed by atoms with Crippen LogP contribution in [0, 0.1) is 0 Å². The molecule has 0 saturated carbocycles. The van der Waals surface area contributed by atoms with E-state index in [9.17, 15) is 0 Å². The van der Waals surface area contributed by atoms with Crippen LogP contribution in [0.4, 0.5) is 0 Å². The molecule has 1 rings (SSSR count). The van der Waals surface area contributed by atoms with Gasteiger partial charge in [-0.15, -0.1) is 0 Å². The maximum atomic E-state index is 5.94. The molecular weight excluding hydrogens is 304 g/mol. The van der Waals surface area contributed by atoms with Gasteiger partial charge in [-0.05, 0) is 44.8 Å². The molecule has 0 aromatic carbocycles. The molecule has 0 aromatic heterocycles. The molecule has 0 spiro atoms. The first-order valence-electron chi connectivity index (χ1n) is 9.05. The van der Waals surface area contributed by atoms with Crippen molar-refractivity contribution in [2.24, 2.45) is 0 Å². The zero-order valence-corrected chi connectivity index (χ0v) is 18.9. The van der Waals surface area contributed by atoms with Gasteiger partial charge in [-0.2, -0.15) is 0 Å². The van der Waals surface area contributed by atoms with Crippen molar-refractivity contribution in [2.75, 3.05) is 32.7 Å². The van der Waals surface area contributed by atoms with Gasteiger partial charge in [-0.3, -0.25) is 0 Å². The van der Waals surface area contributed by atoms with Crippen LogP contribution in [-0.2, 0) is 4.43 Å². The molecular formula is C17H40N2OSi2. The molecule has 1 aliphatic heterocycles. The van der Waals surface area contributed by atoms with Gasteiger partial charge in [0, 0.05) is 31.8 Å². The third kappa shape index (κ3) is 6.44. The summed E-state index contributed by atoms with van der Waals surface area (Å²) < 4.78 is 8.76. The van der Waals surface area contributed by atoms with Gasteiger partial charge in [0.25, 0.3) is 0 Å². The van der Waals surface area contributed by atoms with Gasteiger partial charge in [0.1, 0.15) is 8.24 Å². The summed E-state index contributed by atoms with van der Waals surface area (Å²) in [5.41, 5.74) is 0.0705. The van der Waals surface area contributed by atoms with Crippen molar-refractivity contribution in [2.45, 2.75) is 77.7 Å². The third-order valence-corrected chi connectivity index (χ3v) is 13.0. The molecule has 1 fully saturated rings. The number of rotatable bonds is 6. The maximum Gasteiger partial charge on any atom is 0.162 e. The Hall–Kier alpha value is 0.314. The average molecular weight is 345 g/mol. The van der Waals surface area contributed by atoms with E-state index in [0.717, 1.165) is 0 Å². The average Bonchev–Trinajstić information content (AvgIpc) is 2.36. The quantitative estimate of drug-likeness (QED) is 0.543. The minimum absolute atomic E-state index is 0.0705. The molecule has 1 aliphatic rings. The second-order valence-electron chi connectivity index (χ2n) is 9.31. The molecule has 0 atom stereocenters. The van der Waals surface area contributed by atoms with Crippen LogP contribution >= 0.6 is 0 Å². The summed E-state index contributed by atoms with van der Waals surface area (Å²) >= 11 is 0. The summed E-state index contributed by atoms with van der Waals surface area (Å²) in [4.78, 5) is 2.66. The maximum absolute atomic E-state index is 5.94. The van der Waals surface area contributed by atoms with Crippen LogP contribution < -0.4 is 0 Å². The Labute approximate surface area is 142 Å². The minimum atomic E-state index is -1.31. The van der Waals surface area contributed by atoms with E-state index < -0.39 is 8.24 Å². The van der Waals surface area contributed by atoms with Crippen LogP contribution in [0.25, 0.3) is 0 Å². The predicted molar refractivity (Wildman–Crippen MR) is 104 cm³/mol. The molecule has 0 unspecified atom stereocenters. The number of nitrogens with zero attached hydrogens (tertiary/aromatic N) is 2. The molecule has 0 aromatic rings. The second-order valence-corrected chi connectivity index (χ2v) is 16.0. The highest BCUT2D eigenvalue weighted by Gasteiger charge is 2.41. The van der Waals surface area contributed by atoms with Gasteiger partial charge in [-0.1, -0.05) is 33.9 Å². The van der Waals surface area contributed by atoms with Crippen LogP contribution in [0.3, 0.4) is 0 Å². The normalized spacial score (nSPS) is 20.2. The van der Waals surface area contributed by atoms with Crippen molar-refractivity contribution in [1.82, 2.24) is 9.47 Å². The Morgan fingerprint density at radius 3 is 1.95 bits per heavy atom. The molecule has 1 heterocycles. The van der Waals surface area contributed by atoms with Crippen LogP contribution in [0.15, 0.2) is 0 Å². The van der Waals surface area contributed by atoms with Crippen LogP contribution in [0.2, 0.25) is 24.2 Å². The smallest absolute Gasteiger partial charge is 0.162 e. The summed E-state index contributed by atoms with van der Waals surface area (Å²) in [5.74, 6) is 0. The first-order chi connectivity index (χ1) is 9.93. The van der Waals surface area contributed by atoms with E-state index in [0.29, 0.717) is 5.04 Å². The highest BCUT2D eigenvalue weighted by Crippen LogP contribution is 2.38. The molecule has 0 amide bonds. The van der Waals surface area contributed by atoms with Crippen molar-refractivity contribution in [3.8, 4) is 0 Å². The van der Waals surface area contributed by atoms with E-state index in [1.54, 1.807) is 0 Å². The first-order valence-corrected chi connectivity index (χ1v) is 13.6. The lowest BCUT2D eigenvalue weighted by molar-refractivity contribution is 0.136. The molecule has 0 N–H and O–H groups in total. The Balaban J connectivity index is 2.23. The van der Waals surface area contributed by atoms with Crippen LogP contribution in [0.1, 0.15) is 48.0 Å². The van der Waals surface area contributed by atoms with Crippen molar-refractivity contribution >= 4 is 18.0 Å². The van der Waals surface area contributed by atoms with E-state index in [-0.39, 0.29) is 15.4 Å². The predicted octanol–water partition coefficient (Wildman–Crippen LogP) is 3.32. The highest BCUT2D eigenvalue weighted by molar-refractivity contribution is 6.77.